The molecule has 0 spiro atoms. The molecular formula is C12H17N5O2S. The van der Waals surface area contributed by atoms with E-state index in [4.69, 9.17) is 5.73 Å². The number of nitrogens with one attached hydrogen (secondary N) is 2. The smallest absolute Gasteiger partial charge is 0.266 e. The number of sulfonamides is 1. The highest BCUT2D eigenvalue weighted by Crippen LogP contribution is 2.21. The summed E-state index contributed by atoms with van der Waals surface area (Å²) in [5.74, 6) is 0.283. The van der Waals surface area contributed by atoms with Crippen LogP contribution < -0.4 is 10.5 Å². The molecule has 0 aromatic carbocycles. The topological polar surface area (TPSA) is 114 Å². The van der Waals surface area contributed by atoms with E-state index in [1.165, 1.54) is 0 Å². The molecule has 0 unspecified atom stereocenters. The van der Waals surface area contributed by atoms with Crippen LogP contribution in [0.3, 0.4) is 0 Å². The van der Waals surface area contributed by atoms with Gasteiger partial charge in [0.25, 0.3) is 10.0 Å². The Balaban J connectivity index is 2.43. The summed E-state index contributed by atoms with van der Waals surface area (Å²) in [4.78, 5) is 4.25. The fourth-order valence-corrected chi connectivity index (χ4v) is 3.42. The normalized spacial score (nSPS) is 11.6. The summed E-state index contributed by atoms with van der Waals surface area (Å²) in [5, 5.41) is 6.52. The second kappa shape index (κ2) is 5.22. The Kier molecular flexibility index (Phi) is 3.78. The van der Waals surface area contributed by atoms with E-state index in [-0.39, 0.29) is 17.3 Å². The number of anilines is 1. The van der Waals surface area contributed by atoms with Crippen LogP contribution in [0.15, 0.2) is 17.0 Å². The molecule has 4 N–H and O–H groups in total. The van der Waals surface area contributed by atoms with Gasteiger partial charge in [0.05, 0.1) is 11.4 Å². The van der Waals surface area contributed by atoms with Crippen molar-refractivity contribution in [3.05, 3.63) is 34.8 Å². The highest BCUT2D eigenvalue weighted by Gasteiger charge is 2.24. The summed E-state index contributed by atoms with van der Waals surface area (Å²) in [5.41, 5.74) is 7.93. The third-order valence-corrected chi connectivity index (χ3v) is 4.32. The molecule has 0 saturated carbocycles. The second-order valence-electron chi connectivity index (χ2n) is 4.61. The van der Waals surface area contributed by atoms with Gasteiger partial charge in [-0.05, 0) is 38.5 Å². The standard InChI is InChI=1S/C12H17N5O2S/c1-7-4-8(2)14-11(5-7)17-20(18,19)12-9(3)15-16-10(12)6-13/h4-5H,6,13H2,1-3H3,(H,14,17)(H,15,16). The van der Waals surface area contributed by atoms with Crippen molar-refractivity contribution in [3.63, 3.8) is 0 Å². The minimum Gasteiger partial charge on any atom is -0.325 e. The molecule has 20 heavy (non-hydrogen) atoms. The van der Waals surface area contributed by atoms with Gasteiger partial charge in [0.1, 0.15) is 10.7 Å². The van der Waals surface area contributed by atoms with Gasteiger partial charge in [-0.25, -0.2) is 13.4 Å². The lowest BCUT2D eigenvalue weighted by Crippen LogP contribution is -2.17. The highest BCUT2D eigenvalue weighted by atomic mass is 32.2. The van der Waals surface area contributed by atoms with Crippen LogP contribution >= 0.6 is 0 Å². The van der Waals surface area contributed by atoms with Crippen LogP contribution in [0, 0.1) is 20.8 Å². The second-order valence-corrected chi connectivity index (χ2v) is 6.22. The molecule has 7 nitrogen and oxygen atoms in total. The minimum absolute atomic E-state index is 0.0425. The predicted octanol–water partition coefficient (Wildman–Crippen LogP) is 0.989. The number of pyridine rings is 1. The summed E-state index contributed by atoms with van der Waals surface area (Å²) < 4.78 is 27.3. The molecule has 2 aromatic rings. The molecule has 2 heterocycles. The van der Waals surface area contributed by atoms with E-state index in [0.29, 0.717) is 11.4 Å². The average molecular weight is 295 g/mol. The van der Waals surface area contributed by atoms with Crippen molar-refractivity contribution in [1.82, 2.24) is 15.2 Å². The van der Waals surface area contributed by atoms with Crippen LogP contribution in [0.5, 0.6) is 0 Å². The van der Waals surface area contributed by atoms with Gasteiger partial charge >= 0.3 is 0 Å². The van der Waals surface area contributed by atoms with Gasteiger partial charge in [0, 0.05) is 12.2 Å². The molecule has 0 bridgehead atoms. The van der Waals surface area contributed by atoms with Gasteiger partial charge in [0.2, 0.25) is 0 Å². The van der Waals surface area contributed by atoms with E-state index in [0.717, 1.165) is 11.3 Å². The lowest BCUT2D eigenvalue weighted by Gasteiger charge is -2.09. The van der Waals surface area contributed by atoms with Crippen LogP contribution in [0.1, 0.15) is 22.6 Å². The van der Waals surface area contributed by atoms with Crippen LogP contribution in [-0.4, -0.2) is 23.6 Å². The Hall–Kier alpha value is -1.93. The summed E-state index contributed by atoms with van der Waals surface area (Å²) in [6, 6.07) is 3.54. The molecule has 0 saturated heterocycles. The molecule has 0 radical (unpaired) electrons. The van der Waals surface area contributed by atoms with Crippen molar-refractivity contribution in [2.24, 2.45) is 5.73 Å². The Morgan fingerprint density at radius 3 is 2.60 bits per heavy atom. The van der Waals surface area contributed by atoms with E-state index in [1.807, 2.05) is 13.0 Å². The SMILES string of the molecule is Cc1cc(C)nc(NS(=O)(=O)c2c(CN)n[nH]c2C)c1. The average Bonchev–Trinajstić information content (AvgIpc) is 2.69. The number of nitrogens with zero attached hydrogens (tertiary/aromatic N) is 2. The van der Waals surface area contributed by atoms with Crippen molar-refractivity contribution in [2.75, 3.05) is 4.72 Å². The van der Waals surface area contributed by atoms with E-state index >= 15 is 0 Å². The quantitative estimate of drug-likeness (QED) is 0.778. The Morgan fingerprint density at radius 2 is 2.00 bits per heavy atom. The first-order chi connectivity index (χ1) is 9.33. The number of aromatic amines is 1. The first-order valence-electron chi connectivity index (χ1n) is 6.05. The fourth-order valence-electron chi connectivity index (χ4n) is 2.05. The predicted molar refractivity (Wildman–Crippen MR) is 75.7 cm³/mol. The first-order valence-corrected chi connectivity index (χ1v) is 7.54. The van der Waals surface area contributed by atoms with Crippen LogP contribution in [0.4, 0.5) is 5.82 Å². The molecule has 2 rings (SSSR count). The summed E-state index contributed by atoms with van der Waals surface area (Å²) >= 11 is 0. The van der Waals surface area contributed by atoms with E-state index < -0.39 is 10.0 Å². The van der Waals surface area contributed by atoms with Crippen molar-refractivity contribution in [2.45, 2.75) is 32.2 Å². The van der Waals surface area contributed by atoms with E-state index in [9.17, 15) is 8.42 Å². The number of nitrogens with two attached hydrogens (primary N) is 1. The Labute approximate surface area is 117 Å². The molecule has 0 aliphatic heterocycles. The van der Waals surface area contributed by atoms with Crippen LogP contribution in [-0.2, 0) is 16.6 Å². The molecule has 0 aliphatic carbocycles. The largest absolute Gasteiger partial charge is 0.325 e. The summed E-state index contributed by atoms with van der Waals surface area (Å²) in [6.07, 6.45) is 0. The van der Waals surface area contributed by atoms with Crippen molar-refractivity contribution in [3.8, 4) is 0 Å². The number of hydrogen-bond acceptors (Lipinski definition) is 5. The van der Waals surface area contributed by atoms with Gasteiger partial charge in [-0.1, -0.05) is 0 Å². The summed E-state index contributed by atoms with van der Waals surface area (Å²) in [6.45, 7) is 5.36. The third-order valence-electron chi connectivity index (χ3n) is 2.76. The molecule has 0 fully saturated rings. The van der Waals surface area contributed by atoms with Gasteiger partial charge in [0.15, 0.2) is 0 Å². The highest BCUT2D eigenvalue weighted by molar-refractivity contribution is 7.92. The van der Waals surface area contributed by atoms with Gasteiger partial charge in [-0.3, -0.25) is 9.82 Å². The van der Waals surface area contributed by atoms with Crippen LogP contribution in [0.25, 0.3) is 0 Å². The zero-order valence-corrected chi connectivity index (χ0v) is 12.4. The number of hydrogen-bond donors (Lipinski definition) is 3. The monoisotopic (exact) mass is 295 g/mol. The Bertz CT molecular complexity index is 716. The van der Waals surface area contributed by atoms with Crippen LogP contribution in [0.2, 0.25) is 0 Å². The maximum Gasteiger partial charge on any atom is 0.266 e. The minimum atomic E-state index is -3.76. The van der Waals surface area contributed by atoms with Gasteiger partial charge < -0.3 is 5.73 Å². The number of aryl methyl sites for hydroxylation is 3. The molecule has 8 heteroatoms. The fraction of sp³-hybridized carbons (Fsp3) is 0.333. The lowest BCUT2D eigenvalue weighted by molar-refractivity contribution is 0.599. The van der Waals surface area contributed by atoms with E-state index in [1.54, 1.807) is 19.9 Å². The van der Waals surface area contributed by atoms with Crippen molar-refractivity contribution < 1.29 is 8.42 Å². The zero-order chi connectivity index (χ0) is 14.9. The van der Waals surface area contributed by atoms with Gasteiger partial charge in [-0.2, -0.15) is 5.10 Å². The molecular weight excluding hydrogens is 278 g/mol. The van der Waals surface area contributed by atoms with E-state index in [2.05, 4.69) is 19.9 Å². The molecule has 0 atom stereocenters. The van der Waals surface area contributed by atoms with Gasteiger partial charge in [-0.15, -0.1) is 0 Å². The number of rotatable bonds is 4. The van der Waals surface area contributed by atoms with Crippen molar-refractivity contribution in [1.29, 1.82) is 0 Å². The molecule has 108 valence electrons. The molecule has 2 aromatic heterocycles. The maximum absolute atomic E-state index is 12.4. The lowest BCUT2D eigenvalue weighted by atomic mass is 10.2. The first kappa shape index (κ1) is 14.5. The number of H-pyrrole nitrogens is 1. The third kappa shape index (κ3) is 2.81. The molecule has 0 amide bonds. The zero-order valence-electron chi connectivity index (χ0n) is 11.6. The van der Waals surface area contributed by atoms with Crippen molar-refractivity contribution >= 4 is 15.8 Å². The molecule has 0 aliphatic rings. The maximum atomic E-state index is 12.4. The Morgan fingerprint density at radius 1 is 1.30 bits per heavy atom. The number of aromatic nitrogens is 3. The summed E-state index contributed by atoms with van der Waals surface area (Å²) in [7, 11) is -3.76.